The summed E-state index contributed by atoms with van der Waals surface area (Å²) in [4.78, 5) is 9.07. The van der Waals surface area contributed by atoms with Crippen LogP contribution >= 0.6 is 11.6 Å². The summed E-state index contributed by atoms with van der Waals surface area (Å²) in [5.74, 6) is 1.97. The van der Waals surface area contributed by atoms with Crippen molar-refractivity contribution in [1.29, 1.82) is 0 Å². The van der Waals surface area contributed by atoms with Gasteiger partial charge >= 0.3 is 0 Å². The predicted molar refractivity (Wildman–Crippen MR) is 93.0 cm³/mol. The third-order valence-electron chi connectivity index (χ3n) is 3.78. The van der Waals surface area contributed by atoms with E-state index in [9.17, 15) is 0 Å². The van der Waals surface area contributed by atoms with E-state index in [1.54, 1.807) is 0 Å². The number of nitrogens with one attached hydrogen (secondary N) is 2. The lowest BCUT2D eigenvalue weighted by Gasteiger charge is -2.11. The molecule has 122 valence electrons. The van der Waals surface area contributed by atoms with Gasteiger partial charge in [-0.15, -0.1) is 0 Å². The molecule has 5 nitrogen and oxygen atoms in total. The van der Waals surface area contributed by atoms with Crippen LogP contribution in [0.15, 0.2) is 30.3 Å². The number of hydrogen-bond acceptors (Lipinski definition) is 5. The molecule has 0 saturated heterocycles. The van der Waals surface area contributed by atoms with E-state index in [2.05, 4.69) is 20.6 Å². The Bertz CT molecular complexity index is 661. The van der Waals surface area contributed by atoms with Gasteiger partial charge in [-0.25, -0.2) is 4.98 Å². The number of aromatic nitrogens is 2. The topological polar surface area (TPSA) is 70.1 Å². The Labute approximate surface area is 141 Å². The van der Waals surface area contributed by atoms with Crippen molar-refractivity contribution in [3.05, 3.63) is 46.6 Å². The molecular formula is C17H21ClN4O. The third-order valence-corrected chi connectivity index (χ3v) is 4.15. The predicted octanol–water partition coefficient (Wildman–Crippen LogP) is 3.41. The summed E-state index contributed by atoms with van der Waals surface area (Å²) in [6, 6.07) is 9.80. The fraction of sp³-hybridized carbons (Fsp3) is 0.412. The molecule has 6 heteroatoms. The minimum Gasteiger partial charge on any atom is -0.396 e. The van der Waals surface area contributed by atoms with Crippen molar-refractivity contribution in [3.8, 4) is 0 Å². The zero-order valence-electron chi connectivity index (χ0n) is 12.9. The lowest BCUT2D eigenvalue weighted by atomic mass is 10.2. The van der Waals surface area contributed by atoms with Crippen LogP contribution in [0.25, 0.3) is 0 Å². The third kappa shape index (κ3) is 4.56. The highest BCUT2D eigenvalue weighted by Gasteiger charge is 2.26. The average Bonchev–Trinajstić information content (AvgIpc) is 3.39. The number of hydrogen-bond donors (Lipinski definition) is 3. The molecule has 1 saturated carbocycles. The summed E-state index contributed by atoms with van der Waals surface area (Å²) < 4.78 is 0. The van der Waals surface area contributed by atoms with Crippen LogP contribution < -0.4 is 10.6 Å². The maximum atomic E-state index is 8.88. The van der Waals surface area contributed by atoms with Gasteiger partial charge in [0.25, 0.3) is 0 Å². The number of anilines is 2. The molecule has 23 heavy (non-hydrogen) atoms. The van der Waals surface area contributed by atoms with Crippen LogP contribution in [-0.2, 0) is 6.54 Å². The molecule has 1 aromatic carbocycles. The van der Waals surface area contributed by atoms with Gasteiger partial charge in [-0.3, -0.25) is 0 Å². The van der Waals surface area contributed by atoms with Crippen molar-refractivity contribution in [1.82, 2.24) is 9.97 Å². The molecule has 0 aliphatic heterocycles. The van der Waals surface area contributed by atoms with E-state index in [-0.39, 0.29) is 6.61 Å². The van der Waals surface area contributed by atoms with Gasteiger partial charge in [0.15, 0.2) is 0 Å². The van der Waals surface area contributed by atoms with Gasteiger partial charge in [0.2, 0.25) is 5.95 Å². The van der Waals surface area contributed by atoms with Crippen LogP contribution in [0.2, 0.25) is 5.02 Å². The number of benzene rings is 1. The highest BCUT2D eigenvalue weighted by molar-refractivity contribution is 6.31. The number of nitrogens with zero attached hydrogens (tertiary/aromatic N) is 2. The Hall–Kier alpha value is -1.85. The number of rotatable bonds is 8. The minimum absolute atomic E-state index is 0.160. The molecule has 1 heterocycles. The Morgan fingerprint density at radius 3 is 2.74 bits per heavy atom. The summed E-state index contributed by atoms with van der Waals surface area (Å²) in [7, 11) is 0. The number of aliphatic hydroxyl groups excluding tert-OH is 1. The fourth-order valence-corrected chi connectivity index (χ4v) is 2.53. The van der Waals surface area contributed by atoms with Crippen molar-refractivity contribution >= 4 is 23.4 Å². The van der Waals surface area contributed by atoms with Gasteiger partial charge < -0.3 is 15.7 Å². The Balaban J connectivity index is 1.71. The highest BCUT2D eigenvalue weighted by atomic mass is 35.5. The molecule has 0 unspecified atom stereocenters. The van der Waals surface area contributed by atoms with E-state index in [0.29, 0.717) is 31.4 Å². The molecule has 0 atom stereocenters. The summed E-state index contributed by atoms with van der Waals surface area (Å²) >= 11 is 6.19. The maximum Gasteiger partial charge on any atom is 0.224 e. The van der Waals surface area contributed by atoms with Crippen LogP contribution in [0.3, 0.4) is 0 Å². The summed E-state index contributed by atoms with van der Waals surface area (Å²) in [6.07, 6.45) is 3.06. The molecule has 0 amide bonds. The van der Waals surface area contributed by atoms with Crippen molar-refractivity contribution in [2.24, 2.45) is 0 Å². The van der Waals surface area contributed by atoms with Gasteiger partial charge in [0.1, 0.15) is 5.82 Å². The summed E-state index contributed by atoms with van der Waals surface area (Å²) in [6.45, 7) is 1.44. The number of aliphatic hydroxyl groups is 1. The van der Waals surface area contributed by atoms with Gasteiger partial charge in [-0.05, 0) is 30.9 Å². The van der Waals surface area contributed by atoms with Crippen molar-refractivity contribution in [2.45, 2.75) is 31.7 Å². The molecule has 1 aromatic heterocycles. The average molecular weight is 333 g/mol. The second kappa shape index (κ2) is 7.62. The molecule has 1 fully saturated rings. The molecule has 1 aliphatic carbocycles. The molecular weight excluding hydrogens is 312 g/mol. The van der Waals surface area contributed by atoms with Crippen LogP contribution in [0, 0.1) is 0 Å². The normalized spacial score (nSPS) is 13.8. The monoisotopic (exact) mass is 332 g/mol. The first-order chi connectivity index (χ1) is 11.3. The molecule has 0 spiro atoms. The van der Waals surface area contributed by atoms with E-state index in [1.165, 1.54) is 12.8 Å². The first-order valence-corrected chi connectivity index (χ1v) is 8.35. The molecule has 2 aromatic rings. The fourth-order valence-electron chi connectivity index (χ4n) is 2.33. The van der Waals surface area contributed by atoms with Crippen LogP contribution in [0.5, 0.6) is 0 Å². The van der Waals surface area contributed by atoms with Crippen molar-refractivity contribution < 1.29 is 5.11 Å². The van der Waals surface area contributed by atoms with E-state index in [4.69, 9.17) is 16.7 Å². The van der Waals surface area contributed by atoms with E-state index >= 15 is 0 Å². The zero-order valence-corrected chi connectivity index (χ0v) is 13.7. The SMILES string of the molecule is OCCCNc1nc(NCc2ccccc2Cl)cc(C2CC2)n1. The summed E-state index contributed by atoms with van der Waals surface area (Å²) in [5, 5.41) is 16.1. The summed E-state index contributed by atoms with van der Waals surface area (Å²) in [5.41, 5.74) is 2.11. The van der Waals surface area contributed by atoms with Crippen LogP contribution in [-0.4, -0.2) is 28.2 Å². The molecule has 0 bridgehead atoms. The zero-order chi connectivity index (χ0) is 16.1. The largest absolute Gasteiger partial charge is 0.396 e. The Kier molecular flexibility index (Phi) is 5.31. The second-order valence-corrected chi connectivity index (χ2v) is 6.13. The van der Waals surface area contributed by atoms with E-state index in [1.807, 2.05) is 30.3 Å². The maximum absolute atomic E-state index is 8.88. The van der Waals surface area contributed by atoms with E-state index < -0.39 is 0 Å². The van der Waals surface area contributed by atoms with Crippen molar-refractivity contribution in [2.75, 3.05) is 23.8 Å². The smallest absolute Gasteiger partial charge is 0.224 e. The Morgan fingerprint density at radius 1 is 1.17 bits per heavy atom. The molecule has 0 radical (unpaired) electrons. The van der Waals surface area contributed by atoms with Crippen molar-refractivity contribution in [3.63, 3.8) is 0 Å². The first-order valence-electron chi connectivity index (χ1n) is 7.97. The van der Waals surface area contributed by atoms with Gasteiger partial charge in [0, 0.05) is 36.7 Å². The minimum atomic E-state index is 0.160. The standard InChI is InChI=1S/C17H21ClN4O/c18-14-5-2-1-4-13(14)11-20-16-10-15(12-6-7-12)21-17(22-16)19-8-3-9-23/h1-2,4-5,10,12,23H,3,6-9,11H2,(H2,19,20,21,22). The van der Waals surface area contributed by atoms with Gasteiger partial charge in [0.05, 0.1) is 5.69 Å². The number of halogens is 1. The quantitative estimate of drug-likeness (QED) is 0.646. The highest BCUT2D eigenvalue weighted by Crippen LogP contribution is 2.39. The lowest BCUT2D eigenvalue weighted by Crippen LogP contribution is -2.10. The Morgan fingerprint density at radius 2 is 2.00 bits per heavy atom. The molecule has 3 N–H and O–H groups in total. The van der Waals surface area contributed by atoms with Gasteiger partial charge in [-0.2, -0.15) is 4.98 Å². The van der Waals surface area contributed by atoms with E-state index in [0.717, 1.165) is 22.1 Å². The van der Waals surface area contributed by atoms with Crippen LogP contribution in [0.4, 0.5) is 11.8 Å². The molecule has 3 rings (SSSR count). The first kappa shape index (κ1) is 16.0. The molecule has 1 aliphatic rings. The second-order valence-electron chi connectivity index (χ2n) is 5.72. The van der Waals surface area contributed by atoms with Gasteiger partial charge in [-0.1, -0.05) is 29.8 Å². The van der Waals surface area contributed by atoms with Crippen LogP contribution in [0.1, 0.15) is 36.4 Å². The lowest BCUT2D eigenvalue weighted by molar-refractivity contribution is 0.292.